The van der Waals surface area contributed by atoms with Gasteiger partial charge < -0.3 is 0 Å². The van der Waals surface area contributed by atoms with Crippen LogP contribution in [0, 0.1) is 6.92 Å². The molecule has 0 aromatic heterocycles. The van der Waals surface area contributed by atoms with E-state index in [4.69, 9.17) is 0 Å². The second-order valence-electron chi connectivity index (χ2n) is 2.11. The molecule has 0 amide bonds. The molecule has 0 rings (SSSR count). The number of thioether (sulfide) groups is 2. The quantitative estimate of drug-likeness (QED) is 0.450. The van der Waals surface area contributed by atoms with Gasteiger partial charge in [0, 0.05) is 0 Å². The first kappa shape index (κ1) is 10.7. The molecule has 0 spiro atoms. The van der Waals surface area contributed by atoms with Crippen LogP contribution in [0.2, 0.25) is 0 Å². The van der Waals surface area contributed by atoms with Crippen LogP contribution in [0.1, 0.15) is 26.7 Å². The minimum Gasteiger partial charge on any atom is -0.148 e. The molecule has 1 radical (unpaired) electrons. The average molecular weight is 177 g/mol. The van der Waals surface area contributed by atoms with Crippen LogP contribution in [0.25, 0.3) is 0 Å². The van der Waals surface area contributed by atoms with E-state index in [2.05, 4.69) is 20.8 Å². The van der Waals surface area contributed by atoms with E-state index in [-0.39, 0.29) is 0 Å². The minimum absolute atomic E-state index is 0.552. The van der Waals surface area contributed by atoms with Crippen LogP contribution in [-0.4, -0.2) is 16.1 Å². The van der Waals surface area contributed by atoms with Crippen LogP contribution in [0.4, 0.5) is 0 Å². The highest BCUT2D eigenvalue weighted by atomic mass is 32.2. The van der Waals surface area contributed by atoms with Gasteiger partial charge in [0.15, 0.2) is 0 Å². The molecule has 10 heavy (non-hydrogen) atoms. The second kappa shape index (κ2) is 7.80. The third kappa shape index (κ3) is 6.81. The third-order valence-electron chi connectivity index (χ3n) is 1.15. The Labute approximate surface area is 73.5 Å². The van der Waals surface area contributed by atoms with Gasteiger partial charge in [-0.15, -0.1) is 23.5 Å². The largest absolute Gasteiger partial charge is 0.148 e. The lowest BCUT2D eigenvalue weighted by Crippen LogP contribution is -1.91. The summed E-state index contributed by atoms with van der Waals surface area (Å²) in [4.78, 5) is 0. The predicted octanol–water partition coefficient (Wildman–Crippen LogP) is 3.43. The Kier molecular flexibility index (Phi) is 8.35. The maximum atomic E-state index is 4.03. The van der Waals surface area contributed by atoms with Crippen LogP contribution in [-0.2, 0) is 0 Å². The van der Waals surface area contributed by atoms with Crippen molar-refractivity contribution in [1.29, 1.82) is 0 Å². The van der Waals surface area contributed by atoms with Gasteiger partial charge in [-0.2, -0.15) is 0 Å². The highest BCUT2D eigenvalue weighted by molar-refractivity contribution is 8.17. The molecule has 0 bridgehead atoms. The molecule has 0 aliphatic carbocycles. The molecule has 0 aliphatic rings. The lowest BCUT2D eigenvalue weighted by molar-refractivity contribution is 0.896. The second-order valence-corrected chi connectivity index (χ2v) is 5.20. The monoisotopic (exact) mass is 177 g/mol. The van der Waals surface area contributed by atoms with Gasteiger partial charge >= 0.3 is 0 Å². The summed E-state index contributed by atoms with van der Waals surface area (Å²) in [5.41, 5.74) is 0. The summed E-state index contributed by atoms with van der Waals surface area (Å²) in [7, 11) is 0. The highest BCUT2D eigenvalue weighted by Gasteiger charge is 1.99. The van der Waals surface area contributed by atoms with Gasteiger partial charge in [-0.1, -0.05) is 20.3 Å². The molecule has 1 atom stereocenters. The Hall–Kier alpha value is 0.700. The Morgan fingerprint density at radius 2 is 2.00 bits per heavy atom. The van der Waals surface area contributed by atoms with Crippen molar-refractivity contribution in [3.05, 3.63) is 6.92 Å². The van der Waals surface area contributed by atoms with E-state index in [9.17, 15) is 0 Å². The van der Waals surface area contributed by atoms with Crippen molar-refractivity contribution in [2.45, 2.75) is 31.3 Å². The third-order valence-corrected chi connectivity index (χ3v) is 3.57. The zero-order valence-electron chi connectivity index (χ0n) is 6.93. The maximum absolute atomic E-state index is 4.03. The fourth-order valence-corrected chi connectivity index (χ4v) is 2.76. The lowest BCUT2D eigenvalue weighted by Gasteiger charge is -2.07. The van der Waals surface area contributed by atoms with Gasteiger partial charge in [-0.3, -0.25) is 0 Å². The summed E-state index contributed by atoms with van der Waals surface area (Å²) in [5.74, 6) is 2.46. The zero-order chi connectivity index (χ0) is 7.82. The van der Waals surface area contributed by atoms with Gasteiger partial charge in [-0.05, 0) is 24.9 Å². The molecule has 0 aliphatic heterocycles. The number of hydrogen-bond acceptors (Lipinski definition) is 2. The number of rotatable bonds is 6. The van der Waals surface area contributed by atoms with Crippen LogP contribution < -0.4 is 0 Å². The summed E-state index contributed by atoms with van der Waals surface area (Å²) < 4.78 is 0.552. The zero-order valence-corrected chi connectivity index (χ0v) is 8.56. The van der Waals surface area contributed by atoms with Gasteiger partial charge in [0.25, 0.3) is 0 Å². The van der Waals surface area contributed by atoms with Crippen molar-refractivity contribution in [1.82, 2.24) is 0 Å². The summed E-state index contributed by atoms with van der Waals surface area (Å²) in [6.45, 7) is 8.44. The Balaban J connectivity index is 2.97. The van der Waals surface area contributed by atoms with Crippen molar-refractivity contribution >= 4 is 23.5 Å². The van der Waals surface area contributed by atoms with Gasteiger partial charge in [-0.25, -0.2) is 0 Å². The lowest BCUT2D eigenvalue weighted by atomic mass is 10.4. The fraction of sp³-hybridized carbons (Fsp3) is 0.875. The van der Waals surface area contributed by atoms with Crippen molar-refractivity contribution in [2.24, 2.45) is 0 Å². The fourth-order valence-electron chi connectivity index (χ4n) is 0.593. The minimum atomic E-state index is 0.552. The molecule has 2 heteroatoms. The first-order valence-corrected chi connectivity index (χ1v) is 5.97. The number of hydrogen-bond donors (Lipinski definition) is 0. The summed E-state index contributed by atoms with van der Waals surface area (Å²) >= 11 is 3.91. The van der Waals surface area contributed by atoms with E-state index >= 15 is 0 Å². The van der Waals surface area contributed by atoms with Crippen molar-refractivity contribution < 1.29 is 0 Å². The topological polar surface area (TPSA) is 0 Å². The van der Waals surface area contributed by atoms with Crippen LogP contribution in [0.15, 0.2) is 0 Å². The smallest absolute Gasteiger partial charge is 0.0503 e. The summed E-state index contributed by atoms with van der Waals surface area (Å²) in [5, 5.41) is 0. The molecule has 1 unspecified atom stereocenters. The van der Waals surface area contributed by atoms with Crippen LogP contribution >= 0.6 is 23.5 Å². The maximum Gasteiger partial charge on any atom is 0.0503 e. The molecule has 0 nitrogen and oxygen atoms in total. The molecule has 0 aromatic rings. The van der Waals surface area contributed by atoms with E-state index in [0.717, 1.165) is 0 Å². The van der Waals surface area contributed by atoms with Gasteiger partial charge in [0.05, 0.1) is 4.58 Å². The van der Waals surface area contributed by atoms with E-state index in [1.165, 1.54) is 24.3 Å². The van der Waals surface area contributed by atoms with Crippen molar-refractivity contribution in [2.75, 3.05) is 11.5 Å². The van der Waals surface area contributed by atoms with E-state index in [1.807, 2.05) is 23.5 Å². The Morgan fingerprint density at radius 3 is 2.50 bits per heavy atom. The van der Waals surface area contributed by atoms with Crippen LogP contribution in [0.5, 0.6) is 0 Å². The normalized spacial score (nSPS) is 13.5. The molecule has 0 saturated carbocycles. The van der Waals surface area contributed by atoms with Gasteiger partial charge in [0.1, 0.15) is 0 Å². The molecule has 0 N–H and O–H groups in total. The molecule has 0 heterocycles. The molecule has 61 valence electrons. The summed E-state index contributed by atoms with van der Waals surface area (Å²) in [6, 6.07) is 0. The SMILES string of the molecule is [CH2]C(SCC)SCCCC. The highest BCUT2D eigenvalue weighted by Crippen LogP contribution is 2.22. The molecular formula is C8H17S2. The van der Waals surface area contributed by atoms with E-state index in [0.29, 0.717) is 4.58 Å². The predicted molar refractivity (Wildman–Crippen MR) is 54.6 cm³/mol. The molecule has 0 fully saturated rings. The Bertz CT molecular complexity index is 64.3. The van der Waals surface area contributed by atoms with Gasteiger partial charge in [0.2, 0.25) is 0 Å². The van der Waals surface area contributed by atoms with E-state index in [1.54, 1.807) is 0 Å². The first-order valence-electron chi connectivity index (χ1n) is 3.87. The molecule has 0 aromatic carbocycles. The van der Waals surface area contributed by atoms with Crippen molar-refractivity contribution in [3.63, 3.8) is 0 Å². The Morgan fingerprint density at radius 1 is 1.30 bits per heavy atom. The standard InChI is InChI=1S/C8H17S2/c1-4-6-7-10-8(3)9-5-2/h8H,3-7H2,1-2H3. The first-order chi connectivity index (χ1) is 4.81. The van der Waals surface area contributed by atoms with E-state index < -0.39 is 0 Å². The van der Waals surface area contributed by atoms with Crippen molar-refractivity contribution in [3.8, 4) is 0 Å². The average Bonchev–Trinajstić information content (AvgIpc) is 1.89. The summed E-state index contributed by atoms with van der Waals surface area (Å²) in [6.07, 6.45) is 2.64. The molecule has 0 saturated heterocycles. The number of unbranched alkanes of at least 4 members (excludes halogenated alkanes) is 1. The molecular weight excluding hydrogens is 160 g/mol. The van der Waals surface area contributed by atoms with Crippen LogP contribution in [0.3, 0.4) is 0 Å².